The zero-order chi connectivity index (χ0) is 14.5. The van der Waals surface area contributed by atoms with Crippen LogP contribution in [0.2, 0.25) is 0 Å². The Balaban J connectivity index is 2.14. The van der Waals surface area contributed by atoms with Crippen LogP contribution in [0.15, 0.2) is 0 Å². The maximum atomic E-state index is 11.4. The number of esters is 1. The van der Waals surface area contributed by atoms with Crippen LogP contribution in [0, 0.1) is 6.92 Å². The van der Waals surface area contributed by atoms with E-state index in [0.29, 0.717) is 18.3 Å². The van der Waals surface area contributed by atoms with Gasteiger partial charge in [-0.3, -0.25) is 4.79 Å². The number of ether oxygens (including phenoxy) is 1. The summed E-state index contributed by atoms with van der Waals surface area (Å²) in [6.45, 7) is 7.09. The Bertz CT molecular complexity index is 486. The molecule has 0 bridgehead atoms. The van der Waals surface area contributed by atoms with E-state index in [2.05, 4.69) is 20.6 Å². The largest absolute Gasteiger partial charge is 0.465 e. The van der Waals surface area contributed by atoms with Crippen LogP contribution in [0.5, 0.6) is 0 Å². The minimum Gasteiger partial charge on any atom is -0.465 e. The van der Waals surface area contributed by atoms with Gasteiger partial charge < -0.3 is 15.4 Å². The molecule has 0 radical (unpaired) electrons. The van der Waals surface area contributed by atoms with Crippen LogP contribution in [-0.2, 0) is 9.53 Å². The molecule has 0 saturated heterocycles. The van der Waals surface area contributed by atoms with Crippen LogP contribution in [-0.4, -0.2) is 35.6 Å². The molecule has 1 aliphatic carbocycles. The second kappa shape index (κ2) is 6.54. The van der Waals surface area contributed by atoms with Crippen molar-refractivity contribution in [1.29, 1.82) is 0 Å². The molecule has 6 heteroatoms. The maximum absolute atomic E-state index is 11.4. The molecule has 0 atom stereocenters. The molecule has 1 saturated carbocycles. The van der Waals surface area contributed by atoms with Gasteiger partial charge in [0.25, 0.3) is 0 Å². The first kappa shape index (κ1) is 14.6. The molecule has 0 spiro atoms. The van der Waals surface area contributed by atoms with Gasteiger partial charge in [0.05, 0.1) is 6.61 Å². The van der Waals surface area contributed by atoms with Crippen molar-refractivity contribution in [2.75, 3.05) is 30.3 Å². The van der Waals surface area contributed by atoms with Gasteiger partial charge in [0, 0.05) is 18.0 Å². The Morgan fingerprint density at radius 3 is 2.45 bits per heavy atom. The topological polar surface area (TPSA) is 76.1 Å². The number of nitrogens with zero attached hydrogens (tertiary/aromatic N) is 2. The summed E-state index contributed by atoms with van der Waals surface area (Å²) in [5, 5.41) is 6.30. The Kier molecular flexibility index (Phi) is 4.76. The number of rotatable bonds is 7. The Labute approximate surface area is 119 Å². The normalized spacial score (nSPS) is 13.9. The Morgan fingerprint density at radius 2 is 1.90 bits per heavy atom. The fraction of sp³-hybridized carbons (Fsp3) is 0.643. The molecular weight excluding hydrogens is 256 g/mol. The van der Waals surface area contributed by atoms with E-state index in [1.54, 1.807) is 6.92 Å². The number of carbonyl (C=O) groups excluding carboxylic acids is 1. The zero-order valence-corrected chi connectivity index (χ0v) is 12.3. The first-order valence-corrected chi connectivity index (χ1v) is 7.17. The number of nitrogens with one attached hydrogen (secondary N) is 2. The second-order valence-electron chi connectivity index (χ2n) is 4.87. The van der Waals surface area contributed by atoms with Crippen LogP contribution in [0.1, 0.15) is 44.0 Å². The van der Waals surface area contributed by atoms with Crippen LogP contribution in [0.4, 0.5) is 11.6 Å². The minimum atomic E-state index is -0.275. The summed E-state index contributed by atoms with van der Waals surface area (Å²) in [4.78, 5) is 20.5. The molecule has 2 N–H and O–H groups in total. The highest BCUT2D eigenvalue weighted by Gasteiger charge is 2.28. The first-order chi connectivity index (χ1) is 9.65. The summed E-state index contributed by atoms with van der Waals surface area (Å²) in [6.07, 6.45) is 2.29. The van der Waals surface area contributed by atoms with E-state index in [0.717, 1.165) is 36.6 Å². The molecule has 6 nitrogen and oxygen atoms in total. The average Bonchev–Trinajstić information content (AvgIpc) is 3.24. The number of anilines is 2. The molecule has 0 aromatic carbocycles. The quantitative estimate of drug-likeness (QED) is 0.744. The lowest BCUT2D eigenvalue weighted by atomic mass is 10.2. The highest BCUT2D eigenvalue weighted by molar-refractivity contribution is 5.75. The van der Waals surface area contributed by atoms with Crippen LogP contribution >= 0.6 is 0 Å². The summed E-state index contributed by atoms with van der Waals surface area (Å²) < 4.78 is 4.91. The fourth-order valence-electron chi connectivity index (χ4n) is 1.94. The molecule has 2 rings (SSSR count). The number of hydrogen-bond acceptors (Lipinski definition) is 6. The lowest BCUT2D eigenvalue weighted by Crippen LogP contribution is -2.19. The van der Waals surface area contributed by atoms with E-state index in [1.807, 2.05) is 13.8 Å². The van der Waals surface area contributed by atoms with Gasteiger partial charge in [0.15, 0.2) is 0 Å². The first-order valence-electron chi connectivity index (χ1n) is 7.17. The van der Waals surface area contributed by atoms with E-state index in [1.165, 1.54) is 0 Å². The molecular formula is C14H22N4O2. The Hall–Kier alpha value is -1.85. The van der Waals surface area contributed by atoms with E-state index < -0.39 is 0 Å². The molecule has 20 heavy (non-hydrogen) atoms. The van der Waals surface area contributed by atoms with Gasteiger partial charge in [0.1, 0.15) is 24.0 Å². The summed E-state index contributed by atoms with van der Waals surface area (Å²) in [5.41, 5.74) is 0.931. The third kappa shape index (κ3) is 3.59. The molecule has 1 aromatic heterocycles. The van der Waals surface area contributed by atoms with Crippen molar-refractivity contribution in [3.05, 3.63) is 11.4 Å². The van der Waals surface area contributed by atoms with Crippen LogP contribution < -0.4 is 10.6 Å². The van der Waals surface area contributed by atoms with Gasteiger partial charge in [-0.15, -0.1) is 0 Å². The van der Waals surface area contributed by atoms with Gasteiger partial charge >= 0.3 is 5.97 Å². The lowest BCUT2D eigenvalue weighted by Gasteiger charge is -2.14. The fourth-order valence-corrected chi connectivity index (χ4v) is 1.94. The van der Waals surface area contributed by atoms with E-state index >= 15 is 0 Å². The van der Waals surface area contributed by atoms with E-state index in [-0.39, 0.29) is 12.5 Å². The molecule has 1 heterocycles. The summed E-state index contributed by atoms with van der Waals surface area (Å²) in [5.74, 6) is 2.61. The summed E-state index contributed by atoms with van der Waals surface area (Å²) in [6, 6.07) is 0. The summed E-state index contributed by atoms with van der Waals surface area (Å²) >= 11 is 0. The second-order valence-corrected chi connectivity index (χ2v) is 4.87. The predicted octanol–water partition coefficient (Wildman–Crippen LogP) is 2.07. The highest BCUT2D eigenvalue weighted by Crippen LogP contribution is 2.39. The molecule has 110 valence electrons. The predicted molar refractivity (Wildman–Crippen MR) is 78.0 cm³/mol. The smallest absolute Gasteiger partial charge is 0.325 e. The van der Waals surface area contributed by atoms with Crippen molar-refractivity contribution in [3.63, 3.8) is 0 Å². The monoisotopic (exact) mass is 278 g/mol. The SMILES string of the molecule is CCNc1nc(C2CC2)nc(NCC(=O)OCC)c1C. The molecule has 0 aliphatic heterocycles. The van der Waals surface area contributed by atoms with Gasteiger partial charge in [-0.1, -0.05) is 0 Å². The van der Waals surface area contributed by atoms with Crippen LogP contribution in [0.25, 0.3) is 0 Å². The standard InChI is InChI=1S/C14H22N4O2/c1-4-15-12-9(3)13(16-8-11(19)20-5-2)18-14(17-12)10-6-7-10/h10H,4-8H2,1-3H3,(H2,15,16,17,18). The van der Waals surface area contributed by atoms with Crippen LogP contribution in [0.3, 0.4) is 0 Å². The molecule has 0 unspecified atom stereocenters. The molecule has 1 fully saturated rings. The van der Waals surface area contributed by atoms with Gasteiger partial charge in [-0.2, -0.15) is 0 Å². The third-order valence-electron chi connectivity index (χ3n) is 3.16. The number of aromatic nitrogens is 2. The van der Waals surface area contributed by atoms with E-state index in [9.17, 15) is 4.79 Å². The lowest BCUT2D eigenvalue weighted by molar-refractivity contribution is -0.140. The Morgan fingerprint density at radius 1 is 1.25 bits per heavy atom. The van der Waals surface area contributed by atoms with Crippen molar-refractivity contribution >= 4 is 17.6 Å². The average molecular weight is 278 g/mol. The van der Waals surface area contributed by atoms with Crippen molar-refractivity contribution < 1.29 is 9.53 Å². The minimum absolute atomic E-state index is 0.126. The van der Waals surface area contributed by atoms with E-state index in [4.69, 9.17) is 4.74 Å². The van der Waals surface area contributed by atoms with Crippen molar-refractivity contribution in [2.24, 2.45) is 0 Å². The van der Waals surface area contributed by atoms with Gasteiger partial charge in [-0.05, 0) is 33.6 Å². The maximum Gasteiger partial charge on any atom is 0.325 e. The van der Waals surface area contributed by atoms with Gasteiger partial charge in [-0.25, -0.2) is 9.97 Å². The van der Waals surface area contributed by atoms with Crippen molar-refractivity contribution in [3.8, 4) is 0 Å². The van der Waals surface area contributed by atoms with Crippen molar-refractivity contribution in [1.82, 2.24) is 9.97 Å². The summed E-state index contributed by atoms with van der Waals surface area (Å²) in [7, 11) is 0. The number of carbonyl (C=O) groups is 1. The number of hydrogen-bond donors (Lipinski definition) is 2. The molecule has 1 aromatic rings. The highest BCUT2D eigenvalue weighted by atomic mass is 16.5. The zero-order valence-electron chi connectivity index (χ0n) is 12.3. The third-order valence-corrected chi connectivity index (χ3v) is 3.16. The molecule has 1 aliphatic rings. The van der Waals surface area contributed by atoms with Gasteiger partial charge in [0.2, 0.25) is 0 Å². The van der Waals surface area contributed by atoms with Crippen molar-refractivity contribution in [2.45, 2.75) is 39.5 Å². The molecule has 0 amide bonds.